The van der Waals surface area contributed by atoms with Crippen LogP contribution in [-0.4, -0.2) is 31.0 Å². The molecule has 0 aliphatic carbocycles. The summed E-state index contributed by atoms with van der Waals surface area (Å²) < 4.78 is 6.16. The minimum Gasteiger partial charge on any atom is -0.496 e. The number of nitrogens with zero attached hydrogens (tertiary/aromatic N) is 1. The topological polar surface area (TPSA) is 53.6 Å². The molecule has 3 heterocycles. The fraction of sp³-hybridized carbons (Fsp3) is 0.389. The number of methoxy groups -OCH3 is 1. The minimum atomic E-state index is -0.232. The van der Waals surface area contributed by atoms with Crippen molar-refractivity contribution in [2.45, 2.75) is 26.1 Å². The predicted molar refractivity (Wildman–Crippen MR) is 103 cm³/mol. The third kappa shape index (κ3) is 2.94. The van der Waals surface area contributed by atoms with Crippen molar-refractivity contribution in [2.75, 3.05) is 25.5 Å². The molecule has 2 N–H and O–H groups in total. The van der Waals surface area contributed by atoms with Crippen molar-refractivity contribution in [2.24, 2.45) is 0 Å². The van der Waals surface area contributed by atoms with Crippen molar-refractivity contribution in [3.63, 3.8) is 0 Å². The highest BCUT2D eigenvalue weighted by molar-refractivity contribution is 9.10. The van der Waals surface area contributed by atoms with E-state index < -0.39 is 0 Å². The van der Waals surface area contributed by atoms with Gasteiger partial charge in [-0.2, -0.15) is 0 Å². The van der Waals surface area contributed by atoms with Gasteiger partial charge < -0.3 is 15.4 Å². The Kier molecular flexibility index (Phi) is 4.47. The van der Waals surface area contributed by atoms with Crippen LogP contribution in [0.2, 0.25) is 0 Å². The molecule has 4 rings (SSSR count). The molecule has 0 saturated heterocycles. The summed E-state index contributed by atoms with van der Waals surface area (Å²) >= 11 is 5.23. The van der Waals surface area contributed by atoms with Crippen LogP contribution in [-0.2, 0) is 13.0 Å². The number of nitrogens with one attached hydrogen (secondary N) is 2. The summed E-state index contributed by atoms with van der Waals surface area (Å²) in [5.41, 5.74) is 3.07. The van der Waals surface area contributed by atoms with E-state index in [9.17, 15) is 4.79 Å². The number of hydrogen-bond donors (Lipinski definition) is 2. The molecule has 0 fully saturated rings. The van der Waals surface area contributed by atoms with Crippen molar-refractivity contribution in [1.82, 2.24) is 10.2 Å². The summed E-state index contributed by atoms with van der Waals surface area (Å²) in [6, 6.07) is 5.86. The Labute approximate surface area is 159 Å². The fourth-order valence-electron chi connectivity index (χ4n) is 3.47. The number of ether oxygens (including phenoxy) is 1. The molecule has 2 aliphatic rings. The second kappa shape index (κ2) is 6.63. The first-order valence-corrected chi connectivity index (χ1v) is 9.99. The van der Waals surface area contributed by atoms with Gasteiger partial charge in [0.05, 0.1) is 17.1 Å². The van der Waals surface area contributed by atoms with Gasteiger partial charge in [0.15, 0.2) is 0 Å². The molecule has 2 aliphatic heterocycles. The lowest BCUT2D eigenvalue weighted by molar-refractivity contribution is 0.0934. The summed E-state index contributed by atoms with van der Waals surface area (Å²) in [5.74, 6) is 0.797. The summed E-state index contributed by atoms with van der Waals surface area (Å²) in [4.78, 5) is 16.5. The van der Waals surface area contributed by atoms with E-state index in [0.717, 1.165) is 52.4 Å². The van der Waals surface area contributed by atoms with Gasteiger partial charge in [-0.05, 0) is 52.2 Å². The van der Waals surface area contributed by atoms with Crippen LogP contribution < -0.4 is 15.4 Å². The Morgan fingerprint density at radius 1 is 1.40 bits per heavy atom. The number of rotatable bonds is 3. The molecule has 1 aromatic heterocycles. The number of thiophene rings is 1. The Hall–Kier alpha value is -1.57. The Morgan fingerprint density at radius 3 is 2.96 bits per heavy atom. The zero-order valence-electron chi connectivity index (χ0n) is 14.2. The summed E-state index contributed by atoms with van der Waals surface area (Å²) in [5, 5.41) is 7.59. The monoisotopic (exact) mass is 421 g/mol. The maximum absolute atomic E-state index is 12.8. The van der Waals surface area contributed by atoms with Crippen molar-refractivity contribution in [3.05, 3.63) is 44.2 Å². The number of benzene rings is 1. The second-order valence-electron chi connectivity index (χ2n) is 6.27. The van der Waals surface area contributed by atoms with Crippen LogP contribution in [0.5, 0.6) is 5.75 Å². The molecule has 132 valence electrons. The average Bonchev–Trinajstić information content (AvgIpc) is 2.99. The Balaban J connectivity index is 1.65. The lowest BCUT2D eigenvalue weighted by Crippen LogP contribution is -2.38. The van der Waals surface area contributed by atoms with E-state index >= 15 is 0 Å². The van der Waals surface area contributed by atoms with Gasteiger partial charge in [0.1, 0.15) is 16.9 Å². The quantitative estimate of drug-likeness (QED) is 0.791. The number of halogens is 1. The van der Waals surface area contributed by atoms with Gasteiger partial charge in [0.25, 0.3) is 5.91 Å². The lowest BCUT2D eigenvalue weighted by Gasteiger charge is -2.28. The normalized spacial score (nSPS) is 19.6. The van der Waals surface area contributed by atoms with Crippen LogP contribution >= 0.6 is 27.3 Å². The molecule has 25 heavy (non-hydrogen) atoms. The SMILES string of the molecule is CCN1CCc2c(sc3c2C(=O)NC(c2ccc(OC)c(Br)c2)N3)C1. The van der Waals surface area contributed by atoms with Crippen LogP contribution in [0.15, 0.2) is 22.7 Å². The first-order chi connectivity index (χ1) is 12.1. The smallest absolute Gasteiger partial charge is 0.256 e. The molecule has 1 aromatic carbocycles. The molecule has 1 amide bonds. The maximum atomic E-state index is 12.8. The van der Waals surface area contributed by atoms with Crippen molar-refractivity contribution in [1.29, 1.82) is 0 Å². The highest BCUT2D eigenvalue weighted by Crippen LogP contribution is 2.41. The van der Waals surface area contributed by atoms with Crippen LogP contribution in [0.3, 0.4) is 0 Å². The molecule has 0 bridgehead atoms. The molecule has 2 aromatic rings. The maximum Gasteiger partial charge on any atom is 0.256 e. The Bertz CT molecular complexity index is 836. The number of likely N-dealkylation sites (N-methyl/N-ethyl adjacent to an activating group) is 1. The second-order valence-corrected chi connectivity index (χ2v) is 8.23. The van der Waals surface area contributed by atoms with Crippen LogP contribution in [0.4, 0.5) is 5.00 Å². The van der Waals surface area contributed by atoms with Crippen molar-refractivity contribution in [3.8, 4) is 5.75 Å². The average molecular weight is 422 g/mol. The van der Waals surface area contributed by atoms with E-state index in [2.05, 4.69) is 38.4 Å². The van der Waals surface area contributed by atoms with Gasteiger partial charge >= 0.3 is 0 Å². The molecule has 0 saturated carbocycles. The van der Waals surface area contributed by atoms with Gasteiger partial charge in [-0.3, -0.25) is 9.69 Å². The third-order valence-corrected chi connectivity index (χ3v) is 6.64. The summed E-state index contributed by atoms with van der Waals surface area (Å²) in [6.45, 7) is 5.19. The number of hydrogen-bond acceptors (Lipinski definition) is 5. The number of fused-ring (bicyclic) bond motifs is 3. The fourth-order valence-corrected chi connectivity index (χ4v) is 5.34. The van der Waals surface area contributed by atoms with Gasteiger partial charge in [-0.1, -0.05) is 13.0 Å². The van der Waals surface area contributed by atoms with Gasteiger partial charge in [-0.25, -0.2) is 0 Å². The van der Waals surface area contributed by atoms with E-state index in [1.165, 1.54) is 10.4 Å². The number of anilines is 1. The minimum absolute atomic E-state index is 0.0214. The number of amides is 1. The standard InChI is InChI=1S/C18H20BrN3O2S/c1-3-22-7-6-11-14(9-22)25-18-15(11)17(23)20-16(21-18)10-4-5-13(24-2)12(19)8-10/h4-5,8,16,21H,3,6-7,9H2,1-2H3,(H,20,23). The third-order valence-electron chi connectivity index (χ3n) is 4.87. The van der Waals surface area contributed by atoms with Crippen LogP contribution in [0.1, 0.15) is 39.5 Å². The highest BCUT2D eigenvalue weighted by atomic mass is 79.9. The van der Waals surface area contributed by atoms with Gasteiger partial charge in [0, 0.05) is 18.0 Å². The summed E-state index contributed by atoms with van der Waals surface area (Å²) in [6.07, 6.45) is 0.715. The zero-order chi connectivity index (χ0) is 17.6. The van der Waals surface area contributed by atoms with Crippen LogP contribution in [0.25, 0.3) is 0 Å². The number of carbonyl (C=O) groups is 1. The van der Waals surface area contributed by atoms with Crippen LogP contribution in [0, 0.1) is 0 Å². The molecule has 0 spiro atoms. The highest BCUT2D eigenvalue weighted by Gasteiger charge is 2.33. The molecule has 0 radical (unpaired) electrons. The molecule has 1 unspecified atom stereocenters. The largest absolute Gasteiger partial charge is 0.496 e. The van der Waals surface area contributed by atoms with Crippen molar-refractivity contribution >= 4 is 38.2 Å². The van der Waals surface area contributed by atoms with Crippen molar-refractivity contribution < 1.29 is 9.53 Å². The van der Waals surface area contributed by atoms with E-state index in [-0.39, 0.29) is 12.1 Å². The van der Waals surface area contributed by atoms with E-state index in [1.807, 2.05) is 18.2 Å². The van der Waals surface area contributed by atoms with E-state index in [4.69, 9.17) is 4.74 Å². The first kappa shape index (κ1) is 16.9. The van der Waals surface area contributed by atoms with E-state index in [0.29, 0.717) is 0 Å². The zero-order valence-corrected chi connectivity index (χ0v) is 16.6. The summed E-state index contributed by atoms with van der Waals surface area (Å²) in [7, 11) is 1.64. The molecular formula is C18H20BrN3O2S. The Morgan fingerprint density at radius 2 is 2.24 bits per heavy atom. The molecule has 7 heteroatoms. The molecule has 5 nitrogen and oxygen atoms in total. The lowest BCUT2D eigenvalue weighted by atomic mass is 10.0. The molecular weight excluding hydrogens is 402 g/mol. The van der Waals surface area contributed by atoms with Gasteiger partial charge in [0.2, 0.25) is 0 Å². The predicted octanol–water partition coefficient (Wildman–Crippen LogP) is 3.75. The first-order valence-electron chi connectivity index (χ1n) is 8.38. The molecule has 1 atom stereocenters. The van der Waals surface area contributed by atoms with Gasteiger partial charge in [-0.15, -0.1) is 11.3 Å². The number of carbonyl (C=O) groups excluding carboxylic acids is 1. The van der Waals surface area contributed by atoms with E-state index in [1.54, 1.807) is 18.4 Å².